The SMILES string of the molecule is C=C(C)C(=O)OOC(C)(C)OC(C)(C)OC(=O)OC(C)(C)C. The van der Waals surface area contributed by atoms with Crippen molar-refractivity contribution in [3.63, 3.8) is 0 Å². The fourth-order valence-electron chi connectivity index (χ4n) is 1.31. The molecule has 7 nitrogen and oxygen atoms in total. The van der Waals surface area contributed by atoms with E-state index in [1.165, 1.54) is 34.6 Å². The van der Waals surface area contributed by atoms with Gasteiger partial charge in [0, 0.05) is 19.4 Å². The van der Waals surface area contributed by atoms with Crippen LogP contribution in [0.3, 0.4) is 0 Å². The minimum absolute atomic E-state index is 0.181. The van der Waals surface area contributed by atoms with Crippen LogP contribution in [-0.4, -0.2) is 29.3 Å². The van der Waals surface area contributed by atoms with Crippen LogP contribution in [0.4, 0.5) is 4.79 Å². The average molecular weight is 318 g/mol. The van der Waals surface area contributed by atoms with Gasteiger partial charge in [-0.15, -0.1) is 4.89 Å². The van der Waals surface area contributed by atoms with Crippen LogP contribution in [0.15, 0.2) is 12.2 Å². The first-order valence-electron chi connectivity index (χ1n) is 6.81. The van der Waals surface area contributed by atoms with Gasteiger partial charge in [0.05, 0.1) is 0 Å². The van der Waals surface area contributed by atoms with E-state index >= 15 is 0 Å². The lowest BCUT2D eigenvalue weighted by molar-refractivity contribution is -0.427. The van der Waals surface area contributed by atoms with E-state index in [0.717, 1.165) is 0 Å². The number of ether oxygens (including phenoxy) is 3. The molecule has 0 aliphatic heterocycles. The molecule has 0 rings (SSSR count). The fourth-order valence-corrected chi connectivity index (χ4v) is 1.31. The lowest BCUT2D eigenvalue weighted by Gasteiger charge is -2.33. The molecule has 0 unspecified atom stereocenters. The third-order valence-corrected chi connectivity index (χ3v) is 1.88. The molecule has 0 aromatic heterocycles. The Morgan fingerprint density at radius 3 is 1.77 bits per heavy atom. The predicted molar refractivity (Wildman–Crippen MR) is 78.6 cm³/mol. The summed E-state index contributed by atoms with van der Waals surface area (Å²) in [4.78, 5) is 32.4. The van der Waals surface area contributed by atoms with Gasteiger partial charge < -0.3 is 14.2 Å². The number of hydrogen-bond donors (Lipinski definition) is 0. The Kier molecular flexibility index (Phi) is 6.59. The van der Waals surface area contributed by atoms with E-state index in [-0.39, 0.29) is 5.57 Å². The normalized spacial score (nSPS) is 12.5. The Hall–Kier alpha value is -1.60. The van der Waals surface area contributed by atoms with E-state index in [2.05, 4.69) is 11.5 Å². The molecular weight excluding hydrogens is 292 g/mol. The largest absolute Gasteiger partial charge is 0.511 e. The lowest BCUT2D eigenvalue weighted by atomic mass is 10.2. The summed E-state index contributed by atoms with van der Waals surface area (Å²) in [6.07, 6.45) is -0.882. The Morgan fingerprint density at radius 1 is 0.864 bits per heavy atom. The van der Waals surface area contributed by atoms with Crippen molar-refractivity contribution in [3.05, 3.63) is 12.2 Å². The van der Waals surface area contributed by atoms with Gasteiger partial charge in [0.15, 0.2) is 0 Å². The molecule has 0 saturated carbocycles. The number of carbonyl (C=O) groups is 2. The van der Waals surface area contributed by atoms with Crippen LogP contribution in [0, 0.1) is 0 Å². The van der Waals surface area contributed by atoms with Crippen LogP contribution in [0.1, 0.15) is 55.4 Å². The third-order valence-electron chi connectivity index (χ3n) is 1.88. The van der Waals surface area contributed by atoms with E-state index in [9.17, 15) is 9.59 Å². The molecule has 0 N–H and O–H groups in total. The first-order valence-corrected chi connectivity index (χ1v) is 6.81. The topological polar surface area (TPSA) is 80.3 Å². The zero-order valence-electron chi connectivity index (χ0n) is 14.6. The summed E-state index contributed by atoms with van der Waals surface area (Å²) in [5.41, 5.74) is -0.504. The van der Waals surface area contributed by atoms with E-state index in [1.54, 1.807) is 20.8 Å². The summed E-state index contributed by atoms with van der Waals surface area (Å²) in [6, 6.07) is 0. The molecule has 0 bridgehead atoms. The average Bonchev–Trinajstić information content (AvgIpc) is 2.19. The highest BCUT2D eigenvalue weighted by molar-refractivity contribution is 5.86. The molecule has 7 heteroatoms. The van der Waals surface area contributed by atoms with Gasteiger partial charge in [0.2, 0.25) is 11.6 Å². The standard InChI is InChI=1S/C15H26O7/c1-10(2)11(16)20-22-15(8,9)21-14(6,7)19-12(17)18-13(3,4)5/h1H2,2-9H3. The summed E-state index contributed by atoms with van der Waals surface area (Å²) in [6.45, 7) is 16.1. The maximum atomic E-state index is 11.7. The molecule has 0 heterocycles. The molecule has 0 spiro atoms. The summed E-state index contributed by atoms with van der Waals surface area (Å²) in [5, 5.41) is 0. The zero-order valence-corrected chi connectivity index (χ0v) is 14.6. The van der Waals surface area contributed by atoms with Gasteiger partial charge in [-0.25, -0.2) is 9.59 Å². The van der Waals surface area contributed by atoms with Crippen molar-refractivity contribution in [2.24, 2.45) is 0 Å². The molecule has 0 fully saturated rings. The van der Waals surface area contributed by atoms with Crippen molar-refractivity contribution in [3.8, 4) is 0 Å². The first kappa shape index (κ1) is 20.4. The molecule has 22 heavy (non-hydrogen) atoms. The second kappa shape index (κ2) is 7.11. The van der Waals surface area contributed by atoms with Crippen molar-refractivity contribution in [1.82, 2.24) is 0 Å². The van der Waals surface area contributed by atoms with Gasteiger partial charge in [-0.3, -0.25) is 4.89 Å². The minimum Gasteiger partial charge on any atom is -0.428 e. The van der Waals surface area contributed by atoms with Crippen LogP contribution >= 0.6 is 0 Å². The second-order valence-corrected chi connectivity index (χ2v) is 6.70. The molecule has 0 saturated heterocycles. The number of hydrogen-bond acceptors (Lipinski definition) is 7. The lowest BCUT2D eigenvalue weighted by Crippen LogP contribution is -2.43. The molecule has 128 valence electrons. The number of rotatable bonds is 6. The molecule has 0 aromatic carbocycles. The van der Waals surface area contributed by atoms with Crippen molar-refractivity contribution in [1.29, 1.82) is 0 Å². The van der Waals surface area contributed by atoms with E-state index in [4.69, 9.17) is 19.1 Å². The highest BCUT2D eigenvalue weighted by Gasteiger charge is 2.36. The van der Waals surface area contributed by atoms with Gasteiger partial charge in [-0.1, -0.05) is 6.58 Å². The molecule has 0 aliphatic carbocycles. The molecule has 0 aliphatic rings. The monoisotopic (exact) mass is 318 g/mol. The summed E-state index contributed by atoms with van der Waals surface area (Å²) in [5.74, 6) is -3.43. The highest BCUT2D eigenvalue weighted by atomic mass is 17.2. The summed E-state index contributed by atoms with van der Waals surface area (Å²) in [7, 11) is 0. The van der Waals surface area contributed by atoms with Gasteiger partial charge in [0.1, 0.15) is 5.60 Å². The maximum absolute atomic E-state index is 11.7. The Balaban J connectivity index is 4.57. The van der Waals surface area contributed by atoms with Crippen LogP contribution < -0.4 is 0 Å². The Morgan fingerprint density at radius 2 is 1.36 bits per heavy atom. The van der Waals surface area contributed by atoms with Crippen LogP contribution in [0.2, 0.25) is 0 Å². The van der Waals surface area contributed by atoms with E-state index in [0.29, 0.717) is 0 Å². The third kappa shape index (κ3) is 9.36. The van der Waals surface area contributed by atoms with Crippen molar-refractivity contribution >= 4 is 12.1 Å². The Labute approximate surface area is 131 Å². The van der Waals surface area contributed by atoms with Crippen molar-refractivity contribution < 1.29 is 33.6 Å². The summed E-state index contributed by atoms with van der Waals surface area (Å²) < 4.78 is 15.6. The van der Waals surface area contributed by atoms with Crippen molar-refractivity contribution in [2.75, 3.05) is 0 Å². The molecule has 0 amide bonds. The molecule has 0 atom stereocenters. The van der Waals surface area contributed by atoms with E-state index < -0.39 is 29.3 Å². The molecule has 0 aromatic rings. The van der Waals surface area contributed by atoms with Crippen molar-refractivity contribution in [2.45, 2.75) is 72.6 Å². The van der Waals surface area contributed by atoms with Crippen LogP contribution in [-0.2, 0) is 28.8 Å². The smallest absolute Gasteiger partial charge is 0.428 e. The van der Waals surface area contributed by atoms with Gasteiger partial charge in [0.25, 0.3) is 0 Å². The number of carbonyl (C=O) groups excluding carboxylic acids is 2. The first-order chi connectivity index (χ1) is 9.64. The van der Waals surface area contributed by atoms with Gasteiger partial charge >= 0.3 is 12.1 Å². The van der Waals surface area contributed by atoms with Crippen LogP contribution in [0.5, 0.6) is 0 Å². The quantitative estimate of drug-likeness (QED) is 0.244. The predicted octanol–water partition coefficient (Wildman–Crippen LogP) is 3.48. The maximum Gasteiger partial charge on any atom is 0.511 e. The van der Waals surface area contributed by atoms with Gasteiger partial charge in [-0.2, -0.15) is 0 Å². The summed E-state index contributed by atoms with van der Waals surface area (Å²) >= 11 is 0. The molecular formula is C15H26O7. The van der Waals surface area contributed by atoms with Crippen LogP contribution in [0.25, 0.3) is 0 Å². The minimum atomic E-state index is -1.36. The second-order valence-electron chi connectivity index (χ2n) is 6.70. The highest BCUT2D eigenvalue weighted by Crippen LogP contribution is 2.24. The Bertz CT molecular complexity index is 430. The zero-order chi connectivity index (χ0) is 17.8. The fraction of sp³-hybridized carbons (Fsp3) is 0.733. The molecule has 0 radical (unpaired) electrons. The van der Waals surface area contributed by atoms with E-state index in [1.807, 2.05) is 0 Å². The van der Waals surface area contributed by atoms with Gasteiger partial charge in [-0.05, 0) is 41.5 Å².